The molecule has 0 fully saturated rings. The fourth-order valence-electron chi connectivity index (χ4n) is 2.62. The Balaban J connectivity index is 2.01. The molecule has 1 aliphatic rings. The van der Waals surface area contributed by atoms with E-state index in [2.05, 4.69) is 31.4 Å². The molecule has 21 heavy (non-hydrogen) atoms. The summed E-state index contributed by atoms with van der Waals surface area (Å²) in [4.78, 5) is 12.2. The average molecular weight is 352 g/mol. The molecule has 0 bridgehead atoms. The van der Waals surface area contributed by atoms with Gasteiger partial charge < -0.3 is 5.32 Å². The SMILES string of the molecule is CCn1nc(C)c(Br)c1Cn1nc2c(cc1=O)NCCC2. The lowest BCUT2D eigenvalue weighted by Gasteiger charge is -2.18. The average Bonchev–Trinajstić information content (AvgIpc) is 2.75. The van der Waals surface area contributed by atoms with Crippen LogP contribution in [-0.2, 0) is 19.5 Å². The van der Waals surface area contributed by atoms with Gasteiger partial charge in [0.1, 0.15) is 0 Å². The second-order valence-corrected chi connectivity index (χ2v) is 5.99. The van der Waals surface area contributed by atoms with Crippen molar-refractivity contribution < 1.29 is 0 Å². The first-order valence-electron chi connectivity index (χ1n) is 7.17. The van der Waals surface area contributed by atoms with Gasteiger partial charge in [-0.25, -0.2) is 4.68 Å². The zero-order valence-electron chi connectivity index (χ0n) is 12.2. The smallest absolute Gasteiger partial charge is 0.269 e. The van der Waals surface area contributed by atoms with E-state index < -0.39 is 0 Å². The minimum absolute atomic E-state index is 0.0865. The van der Waals surface area contributed by atoms with Gasteiger partial charge in [-0.15, -0.1) is 0 Å². The monoisotopic (exact) mass is 351 g/mol. The molecule has 2 aromatic heterocycles. The van der Waals surface area contributed by atoms with Crippen LogP contribution in [0.4, 0.5) is 5.69 Å². The number of fused-ring (bicyclic) bond motifs is 1. The lowest BCUT2D eigenvalue weighted by Crippen LogP contribution is -2.28. The van der Waals surface area contributed by atoms with Crippen LogP contribution in [0.5, 0.6) is 0 Å². The van der Waals surface area contributed by atoms with E-state index in [1.807, 2.05) is 18.5 Å². The number of halogens is 1. The molecule has 0 atom stereocenters. The third kappa shape index (κ3) is 2.62. The van der Waals surface area contributed by atoms with E-state index >= 15 is 0 Å². The van der Waals surface area contributed by atoms with Crippen LogP contribution in [0.3, 0.4) is 0 Å². The van der Waals surface area contributed by atoms with Crippen molar-refractivity contribution in [3.05, 3.63) is 38.0 Å². The highest BCUT2D eigenvalue weighted by Gasteiger charge is 2.16. The number of nitrogens with one attached hydrogen (secondary N) is 1. The van der Waals surface area contributed by atoms with Gasteiger partial charge in [-0.3, -0.25) is 9.48 Å². The van der Waals surface area contributed by atoms with Crippen LogP contribution in [0.15, 0.2) is 15.3 Å². The topological polar surface area (TPSA) is 64.7 Å². The largest absolute Gasteiger partial charge is 0.383 e. The molecule has 0 unspecified atom stereocenters. The van der Waals surface area contributed by atoms with Crippen molar-refractivity contribution in [3.8, 4) is 0 Å². The van der Waals surface area contributed by atoms with Crippen molar-refractivity contribution in [2.45, 2.75) is 39.8 Å². The molecule has 0 saturated heterocycles. The normalized spacial score (nSPS) is 13.9. The van der Waals surface area contributed by atoms with Crippen LogP contribution in [0, 0.1) is 6.92 Å². The second-order valence-electron chi connectivity index (χ2n) is 5.19. The van der Waals surface area contributed by atoms with Crippen molar-refractivity contribution in [2.75, 3.05) is 11.9 Å². The first kappa shape index (κ1) is 14.3. The van der Waals surface area contributed by atoms with Gasteiger partial charge in [0, 0.05) is 19.2 Å². The minimum Gasteiger partial charge on any atom is -0.383 e. The summed E-state index contributed by atoms with van der Waals surface area (Å²) in [6.07, 6.45) is 1.96. The Labute approximate surface area is 131 Å². The molecule has 0 spiro atoms. The summed E-state index contributed by atoms with van der Waals surface area (Å²) in [6, 6.07) is 1.65. The van der Waals surface area contributed by atoms with E-state index in [1.54, 1.807) is 6.07 Å². The Hall–Kier alpha value is -1.63. The Morgan fingerprint density at radius 2 is 2.19 bits per heavy atom. The zero-order valence-corrected chi connectivity index (χ0v) is 13.8. The Morgan fingerprint density at radius 1 is 1.38 bits per heavy atom. The Bertz CT molecular complexity index is 734. The van der Waals surface area contributed by atoms with Crippen molar-refractivity contribution in [3.63, 3.8) is 0 Å². The van der Waals surface area contributed by atoms with E-state index in [0.29, 0.717) is 6.54 Å². The van der Waals surface area contributed by atoms with Crippen LogP contribution in [0.2, 0.25) is 0 Å². The first-order chi connectivity index (χ1) is 10.1. The molecule has 0 saturated carbocycles. The molecule has 0 amide bonds. The molecule has 6 nitrogen and oxygen atoms in total. The number of hydrogen-bond acceptors (Lipinski definition) is 4. The number of anilines is 1. The number of rotatable bonds is 3. The summed E-state index contributed by atoms with van der Waals surface area (Å²) >= 11 is 3.56. The molecule has 3 heterocycles. The van der Waals surface area contributed by atoms with Gasteiger partial charge in [0.15, 0.2) is 0 Å². The third-order valence-corrected chi connectivity index (χ3v) is 4.76. The van der Waals surface area contributed by atoms with Gasteiger partial charge in [0.25, 0.3) is 5.56 Å². The fourth-order valence-corrected chi connectivity index (χ4v) is 3.03. The zero-order chi connectivity index (χ0) is 15.0. The van der Waals surface area contributed by atoms with Crippen LogP contribution < -0.4 is 10.9 Å². The third-order valence-electron chi connectivity index (χ3n) is 3.73. The van der Waals surface area contributed by atoms with E-state index in [1.165, 1.54) is 4.68 Å². The number of hydrogen-bond donors (Lipinski definition) is 1. The molecular weight excluding hydrogens is 334 g/mol. The molecule has 0 aliphatic carbocycles. The molecule has 0 aromatic carbocycles. The molecular formula is C14H18BrN5O. The molecule has 7 heteroatoms. The summed E-state index contributed by atoms with van der Waals surface area (Å²) < 4.78 is 4.39. The van der Waals surface area contributed by atoms with Crippen LogP contribution >= 0.6 is 15.9 Å². The van der Waals surface area contributed by atoms with Crippen molar-refractivity contribution >= 4 is 21.6 Å². The Morgan fingerprint density at radius 3 is 2.95 bits per heavy atom. The second kappa shape index (κ2) is 5.63. The van der Waals surface area contributed by atoms with Crippen LogP contribution in [0.1, 0.15) is 30.4 Å². The molecule has 1 N–H and O–H groups in total. The van der Waals surface area contributed by atoms with Crippen molar-refractivity contribution in [1.29, 1.82) is 0 Å². The van der Waals surface area contributed by atoms with Gasteiger partial charge >= 0.3 is 0 Å². The van der Waals surface area contributed by atoms with Crippen LogP contribution in [0.25, 0.3) is 0 Å². The predicted molar refractivity (Wildman–Crippen MR) is 84.7 cm³/mol. The van der Waals surface area contributed by atoms with Gasteiger partial charge in [-0.1, -0.05) is 0 Å². The van der Waals surface area contributed by atoms with E-state index in [0.717, 1.165) is 53.2 Å². The Kier molecular flexibility index (Phi) is 3.84. The quantitative estimate of drug-likeness (QED) is 0.917. The van der Waals surface area contributed by atoms with E-state index in [-0.39, 0.29) is 5.56 Å². The molecule has 1 aliphatic heterocycles. The molecule has 3 rings (SSSR count). The minimum atomic E-state index is -0.0865. The maximum Gasteiger partial charge on any atom is 0.269 e. The lowest BCUT2D eigenvalue weighted by molar-refractivity contribution is 0.547. The summed E-state index contributed by atoms with van der Waals surface area (Å²) in [5, 5.41) is 12.2. The maximum absolute atomic E-state index is 12.2. The number of aromatic nitrogens is 4. The van der Waals surface area contributed by atoms with Gasteiger partial charge in [-0.05, 0) is 42.6 Å². The van der Waals surface area contributed by atoms with E-state index in [9.17, 15) is 4.79 Å². The summed E-state index contributed by atoms with van der Waals surface area (Å²) in [6.45, 7) is 6.10. The predicted octanol–water partition coefficient (Wildman–Crippen LogP) is 1.94. The number of aryl methyl sites for hydroxylation is 3. The standard InChI is InChI=1S/C14H18BrN5O/c1-3-19-12(14(15)9(2)17-19)8-20-13(21)7-11-10(18-20)5-4-6-16-11/h7,16H,3-6,8H2,1-2H3. The van der Waals surface area contributed by atoms with Gasteiger partial charge in [0.2, 0.25) is 0 Å². The summed E-state index contributed by atoms with van der Waals surface area (Å²) in [7, 11) is 0. The highest BCUT2D eigenvalue weighted by atomic mass is 79.9. The van der Waals surface area contributed by atoms with Crippen molar-refractivity contribution in [2.24, 2.45) is 0 Å². The van der Waals surface area contributed by atoms with E-state index in [4.69, 9.17) is 0 Å². The highest BCUT2D eigenvalue weighted by molar-refractivity contribution is 9.10. The number of nitrogens with zero attached hydrogens (tertiary/aromatic N) is 4. The summed E-state index contributed by atoms with van der Waals surface area (Å²) in [5.74, 6) is 0. The lowest BCUT2D eigenvalue weighted by atomic mass is 10.1. The molecule has 0 radical (unpaired) electrons. The van der Waals surface area contributed by atoms with Gasteiger partial charge in [-0.2, -0.15) is 10.2 Å². The first-order valence-corrected chi connectivity index (χ1v) is 7.96. The molecule has 112 valence electrons. The van der Waals surface area contributed by atoms with Gasteiger partial charge in [0.05, 0.1) is 33.8 Å². The van der Waals surface area contributed by atoms with Crippen LogP contribution in [-0.4, -0.2) is 26.1 Å². The highest BCUT2D eigenvalue weighted by Crippen LogP contribution is 2.22. The summed E-state index contributed by atoms with van der Waals surface area (Å²) in [5.41, 5.74) is 3.67. The van der Waals surface area contributed by atoms with Crippen molar-refractivity contribution in [1.82, 2.24) is 19.6 Å². The molecule has 2 aromatic rings. The maximum atomic E-state index is 12.2. The fraction of sp³-hybridized carbons (Fsp3) is 0.500.